The molecule has 1 unspecified atom stereocenters. The first-order valence-corrected chi connectivity index (χ1v) is 5.82. The Bertz CT molecular complexity index is 357. The van der Waals surface area contributed by atoms with Crippen LogP contribution >= 0.6 is 0 Å². The Hall–Kier alpha value is -1.13. The lowest BCUT2D eigenvalue weighted by Gasteiger charge is -2.28. The molecule has 1 aromatic rings. The number of hydrogen-bond acceptors (Lipinski definition) is 3. The van der Waals surface area contributed by atoms with Crippen molar-refractivity contribution in [3.8, 4) is 5.75 Å². The zero-order chi connectivity index (χ0) is 12.8. The molecule has 0 fully saturated rings. The molecule has 0 bridgehead atoms. The van der Waals surface area contributed by atoms with Crippen LogP contribution in [0.25, 0.3) is 0 Å². The van der Waals surface area contributed by atoms with Crippen molar-refractivity contribution in [3.63, 3.8) is 0 Å². The van der Waals surface area contributed by atoms with E-state index in [1.54, 1.807) is 19.2 Å². The highest BCUT2D eigenvalue weighted by atomic mass is 19.1. The second-order valence-corrected chi connectivity index (χ2v) is 4.03. The van der Waals surface area contributed by atoms with Crippen molar-refractivity contribution in [2.24, 2.45) is 0 Å². The predicted octanol–water partition coefficient (Wildman–Crippen LogP) is 2.05. The quantitative estimate of drug-likeness (QED) is 0.823. The summed E-state index contributed by atoms with van der Waals surface area (Å²) in [7, 11) is 5.52. The number of nitrogens with zero attached hydrogens (tertiary/aromatic N) is 1. The zero-order valence-corrected chi connectivity index (χ0v) is 11.0. The average Bonchev–Trinajstić information content (AvgIpc) is 2.35. The first-order valence-electron chi connectivity index (χ1n) is 5.82. The van der Waals surface area contributed by atoms with Crippen molar-refractivity contribution in [2.75, 3.05) is 34.3 Å². The first kappa shape index (κ1) is 13.9. The van der Waals surface area contributed by atoms with Gasteiger partial charge in [-0.1, -0.05) is 6.92 Å². The lowest BCUT2D eigenvalue weighted by molar-refractivity contribution is 0.246. The Morgan fingerprint density at radius 3 is 2.71 bits per heavy atom. The number of benzene rings is 1. The highest BCUT2D eigenvalue weighted by Gasteiger charge is 2.19. The number of nitrogens with one attached hydrogen (secondary N) is 1. The number of rotatable bonds is 6. The molecule has 0 aliphatic heterocycles. The van der Waals surface area contributed by atoms with Gasteiger partial charge < -0.3 is 10.1 Å². The summed E-state index contributed by atoms with van der Waals surface area (Å²) in [6.07, 6.45) is 0. The largest absolute Gasteiger partial charge is 0.496 e. The maximum absolute atomic E-state index is 13.4. The van der Waals surface area contributed by atoms with Crippen LogP contribution in [0.5, 0.6) is 5.75 Å². The molecule has 4 heteroatoms. The predicted molar refractivity (Wildman–Crippen MR) is 67.9 cm³/mol. The van der Waals surface area contributed by atoms with Gasteiger partial charge in [-0.25, -0.2) is 4.39 Å². The van der Waals surface area contributed by atoms with Gasteiger partial charge in [0.2, 0.25) is 0 Å². The highest BCUT2D eigenvalue weighted by Crippen LogP contribution is 2.28. The Balaban J connectivity index is 3.11. The SMILES string of the molecule is CCN(C)C(CNC)c1cc(F)ccc1OC. The monoisotopic (exact) mass is 240 g/mol. The summed E-state index contributed by atoms with van der Waals surface area (Å²) in [4.78, 5) is 2.16. The molecule has 17 heavy (non-hydrogen) atoms. The van der Waals surface area contributed by atoms with Gasteiger partial charge in [-0.05, 0) is 38.8 Å². The van der Waals surface area contributed by atoms with Crippen LogP contribution in [0.1, 0.15) is 18.5 Å². The second-order valence-electron chi connectivity index (χ2n) is 4.03. The molecule has 3 nitrogen and oxygen atoms in total. The van der Waals surface area contributed by atoms with Crippen LogP contribution in [0.4, 0.5) is 4.39 Å². The normalized spacial score (nSPS) is 12.8. The highest BCUT2D eigenvalue weighted by molar-refractivity contribution is 5.36. The Kier molecular flexibility index (Phi) is 5.38. The van der Waals surface area contributed by atoms with Gasteiger partial charge in [-0.15, -0.1) is 0 Å². The van der Waals surface area contributed by atoms with Crippen LogP contribution in [0.3, 0.4) is 0 Å². The second kappa shape index (κ2) is 6.57. The van der Waals surface area contributed by atoms with Gasteiger partial charge in [-0.2, -0.15) is 0 Å². The van der Waals surface area contributed by atoms with Crippen molar-refractivity contribution in [3.05, 3.63) is 29.6 Å². The van der Waals surface area contributed by atoms with Crippen LogP contribution in [-0.2, 0) is 0 Å². The minimum atomic E-state index is -0.230. The molecule has 0 aromatic heterocycles. The fraction of sp³-hybridized carbons (Fsp3) is 0.538. The van der Waals surface area contributed by atoms with Crippen molar-refractivity contribution in [1.82, 2.24) is 10.2 Å². The first-order chi connectivity index (χ1) is 8.13. The van der Waals surface area contributed by atoms with E-state index >= 15 is 0 Å². The standard InChI is InChI=1S/C13H21FN2O/c1-5-16(3)12(9-15-2)11-8-10(14)6-7-13(11)17-4/h6-8,12,15H,5,9H2,1-4H3. The summed E-state index contributed by atoms with van der Waals surface area (Å²) >= 11 is 0. The fourth-order valence-electron chi connectivity index (χ4n) is 1.88. The number of ether oxygens (including phenoxy) is 1. The average molecular weight is 240 g/mol. The molecule has 0 saturated carbocycles. The van der Waals surface area contributed by atoms with E-state index in [0.717, 1.165) is 24.4 Å². The molecule has 0 spiro atoms. The summed E-state index contributed by atoms with van der Waals surface area (Å²) in [5, 5.41) is 3.13. The topological polar surface area (TPSA) is 24.5 Å². The summed E-state index contributed by atoms with van der Waals surface area (Å²) in [5.74, 6) is 0.498. The molecule has 1 N–H and O–H groups in total. The van der Waals surface area contributed by atoms with Crippen molar-refractivity contribution < 1.29 is 9.13 Å². The van der Waals surface area contributed by atoms with Crippen molar-refractivity contribution in [2.45, 2.75) is 13.0 Å². The van der Waals surface area contributed by atoms with Crippen LogP contribution in [0.15, 0.2) is 18.2 Å². The molecule has 0 aliphatic rings. The van der Waals surface area contributed by atoms with Crippen LogP contribution in [0, 0.1) is 5.82 Å². The number of likely N-dealkylation sites (N-methyl/N-ethyl adjacent to an activating group) is 2. The van der Waals surface area contributed by atoms with E-state index in [1.807, 2.05) is 14.1 Å². The van der Waals surface area contributed by atoms with E-state index in [9.17, 15) is 4.39 Å². The molecule has 1 atom stereocenters. The van der Waals surface area contributed by atoms with Gasteiger partial charge in [-0.3, -0.25) is 4.90 Å². The van der Waals surface area contributed by atoms with E-state index in [1.165, 1.54) is 6.07 Å². The number of hydrogen-bond donors (Lipinski definition) is 1. The smallest absolute Gasteiger partial charge is 0.123 e. The van der Waals surface area contributed by atoms with Crippen LogP contribution < -0.4 is 10.1 Å². The minimum Gasteiger partial charge on any atom is -0.496 e. The lowest BCUT2D eigenvalue weighted by atomic mass is 10.0. The van der Waals surface area contributed by atoms with Gasteiger partial charge in [0, 0.05) is 12.1 Å². The Morgan fingerprint density at radius 1 is 1.47 bits per heavy atom. The maximum atomic E-state index is 13.4. The van der Waals surface area contributed by atoms with E-state index in [4.69, 9.17) is 4.74 Å². The van der Waals surface area contributed by atoms with Crippen molar-refractivity contribution >= 4 is 0 Å². The molecule has 1 aromatic carbocycles. The van der Waals surface area contributed by atoms with E-state index in [0.29, 0.717) is 0 Å². The number of halogens is 1. The molecule has 0 heterocycles. The molecule has 0 amide bonds. The van der Waals surface area contributed by atoms with Gasteiger partial charge >= 0.3 is 0 Å². The third-order valence-electron chi connectivity index (χ3n) is 2.98. The van der Waals surface area contributed by atoms with Gasteiger partial charge in [0.25, 0.3) is 0 Å². The zero-order valence-electron chi connectivity index (χ0n) is 11.0. The summed E-state index contributed by atoms with van der Waals surface area (Å²) in [6, 6.07) is 4.75. The molecule has 1 rings (SSSR count). The van der Waals surface area contributed by atoms with Crippen LogP contribution in [0.2, 0.25) is 0 Å². The number of methoxy groups -OCH3 is 1. The van der Waals surface area contributed by atoms with Gasteiger partial charge in [0.05, 0.1) is 13.2 Å². The summed E-state index contributed by atoms with van der Waals surface area (Å²) in [6.45, 7) is 3.73. The minimum absolute atomic E-state index is 0.107. The van der Waals surface area contributed by atoms with E-state index in [2.05, 4.69) is 17.1 Å². The Morgan fingerprint density at radius 2 is 2.18 bits per heavy atom. The molecular formula is C13H21FN2O. The molecule has 0 saturated heterocycles. The maximum Gasteiger partial charge on any atom is 0.123 e. The fourth-order valence-corrected chi connectivity index (χ4v) is 1.88. The molecular weight excluding hydrogens is 219 g/mol. The van der Waals surface area contributed by atoms with Gasteiger partial charge in [0.15, 0.2) is 0 Å². The molecule has 96 valence electrons. The van der Waals surface area contributed by atoms with E-state index < -0.39 is 0 Å². The summed E-state index contributed by atoms with van der Waals surface area (Å²) in [5.41, 5.74) is 0.881. The molecule has 0 aliphatic carbocycles. The molecule has 0 radical (unpaired) electrons. The van der Waals surface area contributed by atoms with Gasteiger partial charge in [0.1, 0.15) is 11.6 Å². The van der Waals surface area contributed by atoms with Crippen LogP contribution in [-0.4, -0.2) is 39.2 Å². The van der Waals surface area contributed by atoms with E-state index in [-0.39, 0.29) is 11.9 Å². The van der Waals surface area contributed by atoms with Crippen molar-refractivity contribution in [1.29, 1.82) is 0 Å². The Labute approximate surface area is 103 Å². The third-order valence-corrected chi connectivity index (χ3v) is 2.98. The third kappa shape index (κ3) is 3.41. The summed E-state index contributed by atoms with van der Waals surface area (Å²) < 4.78 is 18.7. The lowest BCUT2D eigenvalue weighted by Crippen LogP contribution is -2.32.